The highest BCUT2D eigenvalue weighted by molar-refractivity contribution is 7.89. The van der Waals surface area contributed by atoms with Gasteiger partial charge in [-0.15, -0.1) is 0 Å². The number of carbonyl (C=O) groups is 2. The van der Waals surface area contributed by atoms with Crippen molar-refractivity contribution < 1.29 is 22.7 Å². The van der Waals surface area contributed by atoms with Gasteiger partial charge in [-0.3, -0.25) is 9.59 Å². The third-order valence-corrected chi connectivity index (χ3v) is 8.92. The maximum Gasteiger partial charge on any atom is 0.325 e. The van der Waals surface area contributed by atoms with Gasteiger partial charge in [-0.05, 0) is 35.7 Å². The molecule has 1 amide bonds. The molecule has 0 spiro atoms. The summed E-state index contributed by atoms with van der Waals surface area (Å²) in [4.78, 5) is 29.9. The van der Waals surface area contributed by atoms with Crippen molar-refractivity contribution in [3.8, 4) is 0 Å². The number of thiazole rings is 1. The fourth-order valence-corrected chi connectivity index (χ4v) is 6.48. The average molecular weight is 512 g/mol. The first-order chi connectivity index (χ1) is 16.8. The number of sulfonamides is 1. The van der Waals surface area contributed by atoms with Crippen LogP contribution in [0.5, 0.6) is 0 Å². The number of methoxy groups -OCH3 is 1. The van der Waals surface area contributed by atoms with E-state index in [9.17, 15) is 18.0 Å². The van der Waals surface area contributed by atoms with E-state index in [1.807, 2.05) is 36.4 Å². The zero-order valence-electron chi connectivity index (χ0n) is 19.6. The second kappa shape index (κ2) is 10.1. The Hall–Kier alpha value is -3.34. The van der Waals surface area contributed by atoms with Gasteiger partial charge in [-0.1, -0.05) is 55.5 Å². The predicted molar refractivity (Wildman–Crippen MR) is 136 cm³/mol. The summed E-state index contributed by atoms with van der Waals surface area (Å²) in [6.07, 6.45) is 0. The summed E-state index contributed by atoms with van der Waals surface area (Å²) in [6, 6.07) is 17.4. The van der Waals surface area contributed by atoms with Crippen molar-refractivity contribution >= 4 is 54.2 Å². The standard InChI is InChI=1S/C25H25N3O5S2/c1-4-27(5-2)35(31,32)19-13-10-18(11-14-19)24(30)26-25-28(16-22(29)33-3)21-15-12-17-8-6-7-9-20(17)23(21)34-25/h6-15H,4-5,16H2,1-3H3. The maximum absolute atomic E-state index is 13.0. The highest BCUT2D eigenvalue weighted by Crippen LogP contribution is 2.27. The quantitative estimate of drug-likeness (QED) is 0.352. The number of aromatic nitrogens is 1. The van der Waals surface area contributed by atoms with Crippen molar-refractivity contribution in [2.45, 2.75) is 25.3 Å². The predicted octanol–water partition coefficient (Wildman–Crippen LogP) is 3.80. The highest BCUT2D eigenvalue weighted by Gasteiger charge is 2.22. The van der Waals surface area contributed by atoms with Gasteiger partial charge in [-0.25, -0.2) is 8.42 Å². The molecule has 1 aromatic heterocycles. The first-order valence-corrected chi connectivity index (χ1v) is 13.3. The number of carbonyl (C=O) groups excluding carboxylic acids is 2. The summed E-state index contributed by atoms with van der Waals surface area (Å²) in [6.45, 7) is 4.17. The fourth-order valence-electron chi connectivity index (χ4n) is 3.86. The van der Waals surface area contributed by atoms with Crippen molar-refractivity contribution in [3.05, 3.63) is 71.0 Å². The molecule has 0 radical (unpaired) electrons. The number of hydrogen-bond donors (Lipinski definition) is 0. The molecule has 4 rings (SSSR count). The van der Waals surface area contributed by atoms with Crippen LogP contribution in [-0.2, 0) is 26.1 Å². The molecule has 0 atom stereocenters. The minimum Gasteiger partial charge on any atom is -0.468 e. The summed E-state index contributed by atoms with van der Waals surface area (Å²) in [5, 5.41) is 2.03. The van der Waals surface area contributed by atoms with Crippen LogP contribution in [0.4, 0.5) is 0 Å². The summed E-state index contributed by atoms with van der Waals surface area (Å²) in [5.41, 5.74) is 1.02. The number of hydrogen-bond acceptors (Lipinski definition) is 6. The third-order valence-electron chi connectivity index (χ3n) is 5.73. The SMILES string of the molecule is CCN(CC)S(=O)(=O)c1ccc(C(=O)N=c2sc3c4ccccc4ccc3n2CC(=O)OC)cc1. The molecule has 4 aromatic rings. The Morgan fingerprint density at radius 1 is 1.00 bits per heavy atom. The normalized spacial score (nSPS) is 12.5. The van der Waals surface area contributed by atoms with Gasteiger partial charge in [0.15, 0.2) is 4.80 Å². The molecule has 0 aliphatic heterocycles. The fraction of sp³-hybridized carbons (Fsp3) is 0.240. The van der Waals surface area contributed by atoms with Crippen LogP contribution in [0.2, 0.25) is 0 Å². The molecule has 0 unspecified atom stereocenters. The maximum atomic E-state index is 13.0. The molecule has 0 N–H and O–H groups in total. The van der Waals surface area contributed by atoms with Gasteiger partial charge in [0.25, 0.3) is 5.91 Å². The van der Waals surface area contributed by atoms with E-state index in [0.717, 1.165) is 21.0 Å². The van der Waals surface area contributed by atoms with E-state index in [2.05, 4.69) is 4.99 Å². The Morgan fingerprint density at radius 3 is 2.34 bits per heavy atom. The molecule has 0 fully saturated rings. The lowest BCUT2D eigenvalue weighted by Crippen LogP contribution is -2.30. The topological polar surface area (TPSA) is 98.0 Å². The number of esters is 1. The zero-order valence-corrected chi connectivity index (χ0v) is 21.2. The molecule has 0 aliphatic rings. The number of rotatable bonds is 7. The van der Waals surface area contributed by atoms with Gasteiger partial charge in [0.05, 0.1) is 22.2 Å². The average Bonchev–Trinajstić information content (AvgIpc) is 3.21. The van der Waals surface area contributed by atoms with Gasteiger partial charge >= 0.3 is 5.97 Å². The number of nitrogens with zero attached hydrogens (tertiary/aromatic N) is 3. The monoisotopic (exact) mass is 511 g/mol. The summed E-state index contributed by atoms with van der Waals surface area (Å²) >= 11 is 1.31. The minimum atomic E-state index is -3.63. The molecule has 182 valence electrons. The molecule has 0 saturated carbocycles. The van der Waals surface area contributed by atoms with Crippen LogP contribution in [0.3, 0.4) is 0 Å². The molecule has 10 heteroatoms. The molecular formula is C25H25N3O5S2. The van der Waals surface area contributed by atoms with E-state index >= 15 is 0 Å². The summed E-state index contributed by atoms with van der Waals surface area (Å²) < 4.78 is 34.2. The Kier molecular flexibility index (Phi) is 7.15. The first-order valence-electron chi connectivity index (χ1n) is 11.1. The largest absolute Gasteiger partial charge is 0.468 e. The summed E-state index contributed by atoms with van der Waals surface area (Å²) in [7, 11) is -2.32. The van der Waals surface area contributed by atoms with E-state index in [1.54, 1.807) is 18.4 Å². The van der Waals surface area contributed by atoms with Crippen LogP contribution in [-0.4, -0.2) is 49.4 Å². The second-order valence-corrected chi connectivity index (χ2v) is 10.6. The van der Waals surface area contributed by atoms with E-state index < -0.39 is 21.9 Å². The van der Waals surface area contributed by atoms with Gasteiger partial charge in [0.1, 0.15) is 6.54 Å². The highest BCUT2D eigenvalue weighted by atomic mass is 32.2. The second-order valence-electron chi connectivity index (χ2n) is 7.71. The Labute approximate surface area is 207 Å². The van der Waals surface area contributed by atoms with Crippen LogP contribution >= 0.6 is 11.3 Å². The lowest BCUT2D eigenvalue weighted by molar-refractivity contribution is -0.141. The number of benzene rings is 3. The molecular weight excluding hydrogens is 486 g/mol. The lowest BCUT2D eigenvalue weighted by Gasteiger charge is -2.18. The van der Waals surface area contributed by atoms with Gasteiger partial charge in [0.2, 0.25) is 10.0 Å². The van der Waals surface area contributed by atoms with Crippen molar-refractivity contribution in [2.24, 2.45) is 4.99 Å². The molecule has 8 nitrogen and oxygen atoms in total. The first kappa shape index (κ1) is 24.8. The lowest BCUT2D eigenvalue weighted by atomic mass is 10.1. The van der Waals surface area contributed by atoms with Gasteiger partial charge in [0, 0.05) is 24.0 Å². The smallest absolute Gasteiger partial charge is 0.325 e. The number of fused-ring (bicyclic) bond motifs is 3. The summed E-state index contributed by atoms with van der Waals surface area (Å²) in [5.74, 6) is -0.996. The van der Waals surface area contributed by atoms with E-state index in [0.29, 0.717) is 17.9 Å². The van der Waals surface area contributed by atoms with Crippen LogP contribution in [0.1, 0.15) is 24.2 Å². The van der Waals surface area contributed by atoms with E-state index in [1.165, 1.54) is 47.0 Å². The number of amides is 1. The van der Waals surface area contributed by atoms with Gasteiger partial charge in [-0.2, -0.15) is 9.30 Å². The zero-order chi connectivity index (χ0) is 25.2. The Morgan fingerprint density at radius 2 is 1.69 bits per heavy atom. The van der Waals surface area contributed by atoms with Crippen LogP contribution < -0.4 is 4.80 Å². The van der Waals surface area contributed by atoms with Crippen LogP contribution in [0, 0.1) is 0 Å². The van der Waals surface area contributed by atoms with Gasteiger partial charge < -0.3 is 9.30 Å². The van der Waals surface area contributed by atoms with Crippen LogP contribution in [0.15, 0.2) is 70.6 Å². The minimum absolute atomic E-state index is 0.0952. The molecule has 0 bridgehead atoms. The third kappa shape index (κ3) is 4.77. The molecule has 35 heavy (non-hydrogen) atoms. The molecule has 1 heterocycles. The van der Waals surface area contributed by atoms with Crippen molar-refractivity contribution in [1.82, 2.24) is 8.87 Å². The van der Waals surface area contributed by atoms with Crippen molar-refractivity contribution in [3.63, 3.8) is 0 Å². The van der Waals surface area contributed by atoms with Crippen molar-refractivity contribution in [2.75, 3.05) is 20.2 Å². The van der Waals surface area contributed by atoms with Crippen LogP contribution in [0.25, 0.3) is 21.0 Å². The van der Waals surface area contributed by atoms with E-state index in [-0.39, 0.29) is 17.0 Å². The van der Waals surface area contributed by atoms with E-state index in [4.69, 9.17) is 4.74 Å². The Balaban J connectivity index is 1.79. The van der Waals surface area contributed by atoms with Crippen molar-refractivity contribution in [1.29, 1.82) is 0 Å². The molecule has 3 aromatic carbocycles. The molecule has 0 saturated heterocycles. The molecule has 0 aliphatic carbocycles. The number of ether oxygens (including phenoxy) is 1. The Bertz CT molecular complexity index is 1580.